The van der Waals surface area contributed by atoms with Gasteiger partial charge in [0.1, 0.15) is 6.61 Å². The monoisotopic (exact) mass is 403 g/mol. The van der Waals surface area contributed by atoms with E-state index in [4.69, 9.17) is 9.47 Å². The molecule has 0 saturated carbocycles. The van der Waals surface area contributed by atoms with Gasteiger partial charge in [-0.15, -0.1) is 0 Å². The van der Waals surface area contributed by atoms with Crippen LogP contribution in [-0.4, -0.2) is 25.8 Å². The summed E-state index contributed by atoms with van der Waals surface area (Å²) in [5, 5.41) is 7.06. The van der Waals surface area contributed by atoms with Crippen molar-refractivity contribution in [3.63, 3.8) is 0 Å². The molecular weight excluding hydrogens is 378 g/mol. The fourth-order valence-corrected chi connectivity index (χ4v) is 2.69. The van der Waals surface area contributed by atoms with Gasteiger partial charge in [0.15, 0.2) is 11.5 Å². The molecule has 3 rings (SSSR count). The molecule has 3 aromatic carbocycles. The second-order valence-electron chi connectivity index (χ2n) is 6.70. The van der Waals surface area contributed by atoms with Crippen LogP contribution in [0.5, 0.6) is 11.5 Å². The minimum atomic E-state index is -0.235. The highest BCUT2D eigenvalue weighted by molar-refractivity contribution is 5.84. The van der Waals surface area contributed by atoms with Gasteiger partial charge < -0.3 is 14.8 Å². The van der Waals surface area contributed by atoms with E-state index >= 15 is 0 Å². The van der Waals surface area contributed by atoms with Crippen molar-refractivity contribution in [2.24, 2.45) is 5.10 Å². The fraction of sp³-hybridized carbons (Fsp3) is 0.167. The number of nitrogens with one attached hydrogen (secondary N) is 2. The van der Waals surface area contributed by atoms with Crippen molar-refractivity contribution in [2.75, 3.05) is 19.0 Å². The highest BCUT2D eigenvalue weighted by Crippen LogP contribution is 2.28. The van der Waals surface area contributed by atoms with Crippen molar-refractivity contribution in [3.05, 3.63) is 89.5 Å². The number of nitrogens with zero attached hydrogens (tertiary/aromatic N) is 1. The zero-order chi connectivity index (χ0) is 21.2. The zero-order valence-electron chi connectivity index (χ0n) is 17.1. The summed E-state index contributed by atoms with van der Waals surface area (Å²) in [6, 6.07) is 23.2. The molecule has 0 unspecified atom stereocenters. The van der Waals surface area contributed by atoms with Gasteiger partial charge in [-0.05, 0) is 48.4 Å². The summed E-state index contributed by atoms with van der Waals surface area (Å²) in [7, 11) is 1.59. The van der Waals surface area contributed by atoms with Gasteiger partial charge >= 0.3 is 0 Å². The third-order valence-corrected chi connectivity index (χ3v) is 4.33. The topological polar surface area (TPSA) is 72.0 Å². The molecule has 0 aromatic heterocycles. The maximum Gasteiger partial charge on any atom is 0.259 e. The van der Waals surface area contributed by atoms with E-state index in [2.05, 4.69) is 15.8 Å². The number of carbonyl (C=O) groups excluding carboxylic acids is 1. The number of ether oxygens (including phenoxy) is 2. The predicted octanol–water partition coefficient (Wildman–Crippen LogP) is 4.14. The average molecular weight is 403 g/mol. The molecule has 6 nitrogen and oxygen atoms in total. The summed E-state index contributed by atoms with van der Waals surface area (Å²) < 4.78 is 11.3. The van der Waals surface area contributed by atoms with Crippen molar-refractivity contribution in [1.82, 2.24) is 5.43 Å². The second kappa shape index (κ2) is 10.7. The van der Waals surface area contributed by atoms with E-state index in [1.165, 1.54) is 5.56 Å². The van der Waals surface area contributed by atoms with E-state index in [-0.39, 0.29) is 12.5 Å². The van der Waals surface area contributed by atoms with Crippen LogP contribution in [0.3, 0.4) is 0 Å². The third kappa shape index (κ3) is 6.38. The Morgan fingerprint density at radius 1 is 1.00 bits per heavy atom. The van der Waals surface area contributed by atoms with Gasteiger partial charge in [-0.25, -0.2) is 5.43 Å². The smallest absolute Gasteiger partial charge is 0.259 e. The van der Waals surface area contributed by atoms with Crippen LogP contribution in [0.25, 0.3) is 0 Å². The molecule has 6 heteroatoms. The molecular formula is C24H25N3O3. The third-order valence-electron chi connectivity index (χ3n) is 4.33. The van der Waals surface area contributed by atoms with Crippen molar-refractivity contribution in [2.45, 2.75) is 13.5 Å². The van der Waals surface area contributed by atoms with E-state index in [0.717, 1.165) is 16.8 Å². The number of anilines is 1. The first-order valence-electron chi connectivity index (χ1n) is 9.61. The average Bonchev–Trinajstić information content (AvgIpc) is 2.78. The lowest BCUT2D eigenvalue weighted by Crippen LogP contribution is -2.25. The standard InChI is InChI=1S/C24H25N3O3/c1-18-8-11-21(12-9-18)25-16-24(28)27-26-15-20-10-13-22(23(14-20)29-2)30-17-19-6-4-3-5-7-19/h3-15,25H,16-17H2,1-2H3,(H,27,28)/b26-15-. The first-order valence-corrected chi connectivity index (χ1v) is 9.61. The van der Waals surface area contributed by atoms with E-state index in [0.29, 0.717) is 18.1 Å². The van der Waals surface area contributed by atoms with E-state index in [1.54, 1.807) is 19.4 Å². The number of amides is 1. The minimum Gasteiger partial charge on any atom is -0.493 e. The molecule has 0 aliphatic rings. The van der Waals surface area contributed by atoms with Crippen molar-refractivity contribution < 1.29 is 14.3 Å². The lowest BCUT2D eigenvalue weighted by molar-refractivity contribution is -0.119. The number of methoxy groups -OCH3 is 1. The van der Waals surface area contributed by atoms with E-state index < -0.39 is 0 Å². The lowest BCUT2D eigenvalue weighted by atomic mass is 10.2. The lowest BCUT2D eigenvalue weighted by Gasteiger charge is -2.11. The highest BCUT2D eigenvalue weighted by Gasteiger charge is 2.06. The number of benzene rings is 3. The molecule has 0 spiro atoms. The first-order chi connectivity index (χ1) is 14.6. The van der Waals surface area contributed by atoms with E-state index in [9.17, 15) is 4.79 Å². The molecule has 0 fully saturated rings. The highest BCUT2D eigenvalue weighted by atomic mass is 16.5. The molecule has 0 saturated heterocycles. The minimum absolute atomic E-state index is 0.135. The zero-order valence-corrected chi connectivity index (χ0v) is 17.1. The van der Waals surface area contributed by atoms with Gasteiger partial charge in [-0.2, -0.15) is 5.10 Å². The van der Waals surface area contributed by atoms with Crippen LogP contribution >= 0.6 is 0 Å². The predicted molar refractivity (Wildman–Crippen MR) is 119 cm³/mol. The molecule has 3 aromatic rings. The normalized spacial score (nSPS) is 10.6. The molecule has 0 radical (unpaired) electrons. The van der Waals surface area contributed by atoms with Gasteiger partial charge in [0.05, 0.1) is 19.9 Å². The molecule has 0 bridgehead atoms. The van der Waals surface area contributed by atoms with Gasteiger partial charge in [-0.1, -0.05) is 48.0 Å². The number of rotatable bonds is 9. The maximum atomic E-state index is 11.9. The Morgan fingerprint density at radius 3 is 2.50 bits per heavy atom. The summed E-state index contributed by atoms with van der Waals surface area (Å²) >= 11 is 0. The van der Waals surface area contributed by atoms with Crippen LogP contribution in [0.1, 0.15) is 16.7 Å². The Labute approximate surface area is 176 Å². The summed E-state index contributed by atoms with van der Waals surface area (Å²) in [6.07, 6.45) is 1.56. The summed E-state index contributed by atoms with van der Waals surface area (Å²) in [5.41, 5.74) is 6.42. The largest absolute Gasteiger partial charge is 0.493 e. The Balaban J connectivity index is 1.50. The molecule has 2 N–H and O–H groups in total. The molecule has 30 heavy (non-hydrogen) atoms. The van der Waals surface area contributed by atoms with Crippen LogP contribution < -0.4 is 20.2 Å². The summed E-state index contributed by atoms with van der Waals surface area (Å²) in [4.78, 5) is 11.9. The van der Waals surface area contributed by atoms with Crippen molar-refractivity contribution in [3.8, 4) is 11.5 Å². The second-order valence-corrected chi connectivity index (χ2v) is 6.70. The molecule has 0 atom stereocenters. The first kappa shape index (κ1) is 20.9. The molecule has 0 aliphatic heterocycles. The summed E-state index contributed by atoms with van der Waals surface area (Å²) in [5.74, 6) is 1.01. The SMILES string of the molecule is COc1cc(/C=N\NC(=O)CNc2ccc(C)cc2)ccc1OCc1ccccc1. The molecule has 0 heterocycles. The van der Waals surface area contributed by atoms with Gasteiger partial charge in [0.25, 0.3) is 5.91 Å². The van der Waals surface area contributed by atoms with Crippen LogP contribution in [-0.2, 0) is 11.4 Å². The number of hydrazone groups is 1. The van der Waals surface area contributed by atoms with Crippen LogP contribution in [0.15, 0.2) is 77.9 Å². The summed E-state index contributed by atoms with van der Waals surface area (Å²) in [6.45, 7) is 2.60. The maximum absolute atomic E-state index is 11.9. The van der Waals surface area contributed by atoms with Crippen molar-refractivity contribution in [1.29, 1.82) is 0 Å². The number of hydrogen-bond acceptors (Lipinski definition) is 5. The Kier molecular flexibility index (Phi) is 7.44. The van der Waals surface area contributed by atoms with Gasteiger partial charge in [-0.3, -0.25) is 4.79 Å². The van der Waals surface area contributed by atoms with Crippen LogP contribution in [0, 0.1) is 6.92 Å². The van der Waals surface area contributed by atoms with Gasteiger partial charge in [0.2, 0.25) is 0 Å². The van der Waals surface area contributed by atoms with Gasteiger partial charge in [0, 0.05) is 5.69 Å². The Hall–Kier alpha value is -3.80. The number of hydrogen-bond donors (Lipinski definition) is 2. The Morgan fingerprint density at radius 2 is 1.77 bits per heavy atom. The number of aryl methyl sites for hydroxylation is 1. The molecule has 1 amide bonds. The number of carbonyl (C=O) groups is 1. The van der Waals surface area contributed by atoms with Crippen LogP contribution in [0.2, 0.25) is 0 Å². The van der Waals surface area contributed by atoms with Crippen molar-refractivity contribution >= 4 is 17.8 Å². The molecule has 154 valence electrons. The van der Waals surface area contributed by atoms with Crippen LogP contribution in [0.4, 0.5) is 5.69 Å². The quantitative estimate of drug-likeness (QED) is 0.416. The van der Waals surface area contributed by atoms with E-state index in [1.807, 2.05) is 73.7 Å². The molecule has 0 aliphatic carbocycles. The fourth-order valence-electron chi connectivity index (χ4n) is 2.69. The Bertz CT molecular complexity index is 986.